The molecule has 1 aromatic rings. The van der Waals surface area contributed by atoms with Crippen LogP contribution in [0.15, 0.2) is 24.3 Å². The summed E-state index contributed by atoms with van der Waals surface area (Å²) in [4.78, 5) is 13.6. The second-order valence-electron chi connectivity index (χ2n) is 3.70. The first-order valence-electron chi connectivity index (χ1n) is 4.84. The number of thiocarbonyl (C=S) groups is 1. The number of hydrogen-bond acceptors (Lipinski definition) is 3. The molecule has 0 spiro atoms. The van der Waals surface area contributed by atoms with E-state index in [-0.39, 0.29) is 10.9 Å². The molecule has 16 heavy (non-hydrogen) atoms. The molecule has 0 heterocycles. The molecular weight excluding hydrogens is 222 g/mol. The minimum atomic E-state index is -0.0892. The SMILES string of the molecule is CN(C)CC(=O)Nc1ccccc1C(N)=S. The lowest BCUT2D eigenvalue weighted by atomic mass is 10.2. The Morgan fingerprint density at radius 2 is 2.06 bits per heavy atom. The number of nitrogens with two attached hydrogens (primary N) is 1. The van der Waals surface area contributed by atoms with E-state index in [1.807, 2.05) is 26.2 Å². The Morgan fingerprint density at radius 1 is 1.44 bits per heavy atom. The van der Waals surface area contributed by atoms with Gasteiger partial charge >= 0.3 is 0 Å². The maximum absolute atomic E-state index is 11.6. The zero-order valence-electron chi connectivity index (χ0n) is 9.36. The molecule has 0 aliphatic carbocycles. The van der Waals surface area contributed by atoms with E-state index in [0.29, 0.717) is 17.8 Å². The molecule has 0 bridgehead atoms. The standard InChI is InChI=1S/C11H15N3OS/c1-14(2)7-10(15)13-9-6-4-3-5-8(9)11(12)16/h3-6H,7H2,1-2H3,(H2,12,16)(H,13,15). The minimum absolute atomic E-state index is 0.0892. The van der Waals surface area contributed by atoms with E-state index >= 15 is 0 Å². The molecule has 1 amide bonds. The van der Waals surface area contributed by atoms with Crippen molar-refractivity contribution in [3.63, 3.8) is 0 Å². The van der Waals surface area contributed by atoms with Crippen LogP contribution in [-0.4, -0.2) is 36.4 Å². The lowest BCUT2D eigenvalue weighted by molar-refractivity contribution is -0.116. The van der Waals surface area contributed by atoms with Crippen LogP contribution < -0.4 is 11.1 Å². The van der Waals surface area contributed by atoms with Gasteiger partial charge in [0.1, 0.15) is 4.99 Å². The van der Waals surface area contributed by atoms with Gasteiger partial charge < -0.3 is 16.0 Å². The average molecular weight is 237 g/mol. The van der Waals surface area contributed by atoms with Crippen LogP contribution in [0.1, 0.15) is 5.56 Å². The van der Waals surface area contributed by atoms with E-state index in [9.17, 15) is 4.79 Å². The molecule has 0 unspecified atom stereocenters. The van der Waals surface area contributed by atoms with Crippen LogP contribution >= 0.6 is 12.2 Å². The number of carbonyl (C=O) groups is 1. The van der Waals surface area contributed by atoms with Crippen molar-refractivity contribution in [3.05, 3.63) is 29.8 Å². The summed E-state index contributed by atoms with van der Waals surface area (Å²) in [6.07, 6.45) is 0. The van der Waals surface area contributed by atoms with Gasteiger partial charge in [-0.15, -0.1) is 0 Å². The predicted octanol–water partition coefficient (Wildman–Crippen LogP) is 0.821. The minimum Gasteiger partial charge on any atom is -0.389 e. The largest absolute Gasteiger partial charge is 0.389 e. The third-order valence-corrected chi connectivity index (χ3v) is 2.15. The number of nitrogens with zero attached hydrogens (tertiary/aromatic N) is 1. The zero-order valence-corrected chi connectivity index (χ0v) is 10.2. The lowest BCUT2D eigenvalue weighted by Gasteiger charge is -2.12. The number of amides is 1. The molecule has 1 rings (SSSR count). The number of likely N-dealkylation sites (N-methyl/N-ethyl adjacent to an activating group) is 1. The monoisotopic (exact) mass is 237 g/mol. The van der Waals surface area contributed by atoms with Gasteiger partial charge in [0.05, 0.1) is 12.2 Å². The lowest BCUT2D eigenvalue weighted by Crippen LogP contribution is -2.28. The number of rotatable bonds is 4. The second kappa shape index (κ2) is 5.58. The van der Waals surface area contributed by atoms with Crippen LogP contribution in [0.25, 0.3) is 0 Å². The van der Waals surface area contributed by atoms with E-state index < -0.39 is 0 Å². The third kappa shape index (κ3) is 3.60. The number of nitrogens with one attached hydrogen (secondary N) is 1. The summed E-state index contributed by atoms with van der Waals surface area (Å²) in [6, 6.07) is 7.22. The van der Waals surface area contributed by atoms with Crippen LogP contribution in [0.3, 0.4) is 0 Å². The van der Waals surface area contributed by atoms with Crippen molar-refractivity contribution < 1.29 is 4.79 Å². The molecule has 0 aliphatic rings. The molecule has 1 aromatic carbocycles. The van der Waals surface area contributed by atoms with Crippen molar-refractivity contribution in [3.8, 4) is 0 Å². The highest BCUT2D eigenvalue weighted by Gasteiger charge is 2.08. The molecule has 0 aromatic heterocycles. The first-order valence-corrected chi connectivity index (χ1v) is 5.25. The van der Waals surface area contributed by atoms with Crippen molar-refractivity contribution >= 4 is 28.8 Å². The van der Waals surface area contributed by atoms with Gasteiger partial charge in [-0.3, -0.25) is 4.79 Å². The topological polar surface area (TPSA) is 58.4 Å². The molecule has 3 N–H and O–H groups in total. The Morgan fingerprint density at radius 3 is 2.62 bits per heavy atom. The van der Waals surface area contributed by atoms with Gasteiger partial charge in [-0.1, -0.05) is 24.4 Å². The maximum atomic E-state index is 11.6. The third-order valence-electron chi connectivity index (χ3n) is 1.93. The van der Waals surface area contributed by atoms with Gasteiger partial charge in [0.25, 0.3) is 0 Å². The molecule has 86 valence electrons. The van der Waals surface area contributed by atoms with Gasteiger partial charge in [0.15, 0.2) is 0 Å². The predicted molar refractivity (Wildman–Crippen MR) is 69.5 cm³/mol. The summed E-state index contributed by atoms with van der Waals surface area (Å²) in [5.74, 6) is -0.0892. The quantitative estimate of drug-likeness (QED) is 0.761. The first kappa shape index (κ1) is 12.6. The first-order chi connectivity index (χ1) is 7.50. The number of hydrogen-bond donors (Lipinski definition) is 2. The number of anilines is 1. The summed E-state index contributed by atoms with van der Waals surface area (Å²) in [6.45, 7) is 0.325. The van der Waals surface area contributed by atoms with Crippen molar-refractivity contribution in [2.75, 3.05) is 26.0 Å². The summed E-state index contributed by atoms with van der Waals surface area (Å²) >= 11 is 4.91. The Kier molecular flexibility index (Phi) is 4.39. The highest BCUT2D eigenvalue weighted by molar-refractivity contribution is 7.80. The van der Waals surface area contributed by atoms with Crippen LogP contribution in [0.2, 0.25) is 0 Å². The van der Waals surface area contributed by atoms with E-state index in [0.717, 1.165) is 0 Å². The average Bonchev–Trinajstić information content (AvgIpc) is 2.16. The van der Waals surface area contributed by atoms with Crippen molar-refractivity contribution in [2.45, 2.75) is 0 Å². The number of benzene rings is 1. The van der Waals surface area contributed by atoms with Crippen LogP contribution in [-0.2, 0) is 4.79 Å². The fourth-order valence-corrected chi connectivity index (χ4v) is 1.46. The normalized spacial score (nSPS) is 10.2. The molecule has 0 atom stereocenters. The molecule has 0 fully saturated rings. The van der Waals surface area contributed by atoms with Gasteiger partial charge in [-0.05, 0) is 26.2 Å². The fourth-order valence-electron chi connectivity index (χ4n) is 1.28. The van der Waals surface area contributed by atoms with E-state index in [1.165, 1.54) is 0 Å². The zero-order chi connectivity index (χ0) is 12.1. The molecular formula is C11H15N3OS. The van der Waals surface area contributed by atoms with E-state index in [2.05, 4.69) is 5.32 Å². The Bertz CT molecular complexity index is 404. The summed E-state index contributed by atoms with van der Waals surface area (Å²) in [7, 11) is 3.66. The molecule has 5 heteroatoms. The molecule has 0 radical (unpaired) electrons. The smallest absolute Gasteiger partial charge is 0.238 e. The van der Waals surface area contributed by atoms with Crippen molar-refractivity contribution in [1.29, 1.82) is 0 Å². The van der Waals surface area contributed by atoms with Crippen molar-refractivity contribution in [1.82, 2.24) is 4.90 Å². The number of para-hydroxylation sites is 1. The van der Waals surface area contributed by atoms with Gasteiger partial charge in [0, 0.05) is 5.56 Å². The van der Waals surface area contributed by atoms with Crippen LogP contribution in [0.4, 0.5) is 5.69 Å². The molecule has 0 saturated heterocycles. The van der Waals surface area contributed by atoms with Crippen molar-refractivity contribution in [2.24, 2.45) is 5.73 Å². The van der Waals surface area contributed by atoms with Crippen LogP contribution in [0.5, 0.6) is 0 Å². The highest BCUT2D eigenvalue weighted by atomic mass is 32.1. The Labute approximate surface area is 100 Å². The Balaban J connectivity index is 2.81. The molecule has 0 aliphatic heterocycles. The molecule has 4 nitrogen and oxygen atoms in total. The highest BCUT2D eigenvalue weighted by Crippen LogP contribution is 2.14. The van der Waals surface area contributed by atoms with Gasteiger partial charge in [-0.2, -0.15) is 0 Å². The van der Waals surface area contributed by atoms with Gasteiger partial charge in [0.2, 0.25) is 5.91 Å². The second-order valence-corrected chi connectivity index (χ2v) is 4.14. The fraction of sp³-hybridized carbons (Fsp3) is 0.273. The summed E-state index contributed by atoms with van der Waals surface area (Å²) in [5.41, 5.74) is 6.90. The summed E-state index contributed by atoms with van der Waals surface area (Å²) in [5, 5.41) is 2.78. The maximum Gasteiger partial charge on any atom is 0.238 e. The summed E-state index contributed by atoms with van der Waals surface area (Å²) < 4.78 is 0. The molecule has 0 saturated carbocycles. The van der Waals surface area contributed by atoms with E-state index in [1.54, 1.807) is 17.0 Å². The van der Waals surface area contributed by atoms with E-state index in [4.69, 9.17) is 18.0 Å². The van der Waals surface area contributed by atoms with Gasteiger partial charge in [-0.25, -0.2) is 0 Å². The number of carbonyl (C=O) groups excluding carboxylic acids is 1. The Hall–Kier alpha value is -1.46. The van der Waals surface area contributed by atoms with Crippen LogP contribution in [0, 0.1) is 0 Å².